The number of nitrogens with one attached hydrogen (secondary N) is 1. The van der Waals surface area contributed by atoms with Gasteiger partial charge in [0.2, 0.25) is 6.79 Å². The first-order chi connectivity index (χ1) is 15.0. The van der Waals surface area contributed by atoms with Crippen molar-refractivity contribution in [1.82, 2.24) is 5.32 Å². The number of ether oxygens (including phenoxy) is 4. The standard InChI is InChI=1S/C23H24ClNO6/c1-12-20(23(27)29-10-13-4-3-7-28-13)21(22-16(25-12)5-2-6-17(22)26)14-8-18-19(9-15(14)24)31-11-30-18/h8-9,13,21,25H,2-7,10-11H2,1H3/t13-,21+/m0/s1. The zero-order valence-corrected chi connectivity index (χ0v) is 18.0. The monoisotopic (exact) mass is 445 g/mol. The molecule has 1 aromatic carbocycles. The molecule has 0 spiro atoms. The van der Waals surface area contributed by atoms with Gasteiger partial charge in [-0.15, -0.1) is 0 Å². The highest BCUT2D eigenvalue weighted by molar-refractivity contribution is 6.32. The van der Waals surface area contributed by atoms with Gasteiger partial charge < -0.3 is 24.3 Å². The Morgan fingerprint density at radius 1 is 1.23 bits per heavy atom. The van der Waals surface area contributed by atoms with Crippen LogP contribution in [0.1, 0.15) is 50.5 Å². The van der Waals surface area contributed by atoms with Crippen molar-refractivity contribution < 1.29 is 28.5 Å². The highest BCUT2D eigenvalue weighted by Crippen LogP contribution is 2.48. The summed E-state index contributed by atoms with van der Waals surface area (Å²) in [4.78, 5) is 26.3. The Hall–Kier alpha value is -2.51. The van der Waals surface area contributed by atoms with Gasteiger partial charge in [-0.3, -0.25) is 4.79 Å². The van der Waals surface area contributed by atoms with E-state index in [1.807, 2.05) is 6.92 Å². The van der Waals surface area contributed by atoms with Gasteiger partial charge in [0.15, 0.2) is 17.3 Å². The van der Waals surface area contributed by atoms with Crippen LogP contribution in [0.4, 0.5) is 0 Å². The third-order valence-electron chi connectivity index (χ3n) is 6.22. The summed E-state index contributed by atoms with van der Waals surface area (Å²) in [6, 6.07) is 3.45. The average molecular weight is 446 g/mol. The smallest absolute Gasteiger partial charge is 0.336 e. The summed E-state index contributed by atoms with van der Waals surface area (Å²) in [5, 5.41) is 3.70. The zero-order chi connectivity index (χ0) is 21.5. The van der Waals surface area contributed by atoms with Crippen molar-refractivity contribution in [2.24, 2.45) is 0 Å². The van der Waals surface area contributed by atoms with Crippen LogP contribution in [0.25, 0.3) is 0 Å². The third-order valence-corrected chi connectivity index (χ3v) is 6.55. The summed E-state index contributed by atoms with van der Waals surface area (Å²) in [5.41, 5.74) is 3.14. The van der Waals surface area contributed by atoms with Gasteiger partial charge in [0.05, 0.1) is 11.7 Å². The van der Waals surface area contributed by atoms with Gasteiger partial charge in [0, 0.05) is 47.0 Å². The van der Waals surface area contributed by atoms with E-state index in [4.69, 9.17) is 30.5 Å². The second-order valence-corrected chi connectivity index (χ2v) is 8.63. The summed E-state index contributed by atoms with van der Waals surface area (Å²) in [6.07, 6.45) is 3.71. The first-order valence-electron chi connectivity index (χ1n) is 10.6. The number of ketones is 1. The minimum atomic E-state index is -0.622. The number of rotatable bonds is 4. The predicted molar refractivity (Wildman–Crippen MR) is 112 cm³/mol. The summed E-state index contributed by atoms with van der Waals surface area (Å²) < 4.78 is 22.2. The summed E-state index contributed by atoms with van der Waals surface area (Å²) in [5.74, 6) is 0.0275. The Kier molecular flexibility index (Phi) is 5.40. The van der Waals surface area contributed by atoms with Crippen LogP contribution >= 0.6 is 11.6 Å². The molecule has 2 atom stereocenters. The number of esters is 1. The quantitative estimate of drug-likeness (QED) is 0.706. The number of fused-ring (bicyclic) bond motifs is 1. The van der Waals surface area contributed by atoms with Crippen LogP contribution in [0.3, 0.4) is 0 Å². The molecule has 4 aliphatic rings. The largest absolute Gasteiger partial charge is 0.459 e. The molecule has 0 amide bonds. The van der Waals surface area contributed by atoms with E-state index in [1.54, 1.807) is 12.1 Å². The minimum absolute atomic E-state index is 0.0180. The van der Waals surface area contributed by atoms with Gasteiger partial charge in [-0.25, -0.2) is 4.79 Å². The molecule has 31 heavy (non-hydrogen) atoms. The molecule has 3 heterocycles. The maximum atomic E-state index is 13.3. The lowest BCUT2D eigenvalue weighted by molar-refractivity contribution is -0.142. The second-order valence-electron chi connectivity index (χ2n) is 8.23. The fourth-order valence-corrected chi connectivity index (χ4v) is 5.00. The van der Waals surface area contributed by atoms with E-state index in [0.717, 1.165) is 31.4 Å². The van der Waals surface area contributed by atoms with Gasteiger partial charge in [0.25, 0.3) is 0 Å². The number of dihydropyridines is 1. The summed E-state index contributed by atoms with van der Waals surface area (Å²) in [6.45, 7) is 2.82. The zero-order valence-electron chi connectivity index (χ0n) is 17.3. The van der Waals surface area contributed by atoms with Crippen molar-refractivity contribution in [3.05, 3.63) is 45.3 Å². The highest BCUT2D eigenvalue weighted by Gasteiger charge is 2.41. The van der Waals surface area contributed by atoms with Crippen LogP contribution in [0.2, 0.25) is 5.02 Å². The lowest BCUT2D eigenvalue weighted by Crippen LogP contribution is -2.35. The molecule has 1 aliphatic carbocycles. The molecule has 0 aromatic heterocycles. The number of carbonyl (C=O) groups excluding carboxylic acids is 2. The SMILES string of the molecule is CC1=C(C(=O)OC[C@@H]2CCCO2)[C@@H](c2cc3c(cc2Cl)OCO3)C2=C(CCCC2=O)N1. The molecule has 8 heteroatoms. The lowest BCUT2D eigenvalue weighted by atomic mass is 9.75. The molecule has 0 bridgehead atoms. The van der Waals surface area contributed by atoms with Crippen molar-refractivity contribution >= 4 is 23.4 Å². The minimum Gasteiger partial charge on any atom is -0.459 e. The molecule has 1 fully saturated rings. The topological polar surface area (TPSA) is 83.1 Å². The fraction of sp³-hybridized carbons (Fsp3) is 0.478. The van der Waals surface area contributed by atoms with E-state index >= 15 is 0 Å². The summed E-state index contributed by atoms with van der Waals surface area (Å²) in [7, 11) is 0. The number of hydrogen-bond donors (Lipinski definition) is 1. The Labute approximate surface area is 185 Å². The van der Waals surface area contributed by atoms with E-state index in [9.17, 15) is 9.59 Å². The number of allylic oxidation sites excluding steroid dienone is 3. The number of halogens is 1. The molecular formula is C23H24ClNO6. The molecule has 7 nitrogen and oxygen atoms in total. The van der Waals surface area contributed by atoms with E-state index in [0.29, 0.717) is 52.0 Å². The molecule has 0 saturated carbocycles. The van der Waals surface area contributed by atoms with Crippen molar-refractivity contribution in [3.8, 4) is 11.5 Å². The molecule has 3 aliphatic heterocycles. The second kappa shape index (κ2) is 8.20. The predicted octanol–water partition coefficient (Wildman–Crippen LogP) is 3.76. The molecule has 1 saturated heterocycles. The first-order valence-corrected chi connectivity index (χ1v) is 11.0. The number of hydrogen-bond acceptors (Lipinski definition) is 7. The Morgan fingerprint density at radius 2 is 2.03 bits per heavy atom. The average Bonchev–Trinajstić information content (AvgIpc) is 3.42. The van der Waals surface area contributed by atoms with Gasteiger partial charge >= 0.3 is 5.97 Å². The Bertz CT molecular complexity index is 1010. The molecule has 164 valence electrons. The lowest BCUT2D eigenvalue weighted by Gasteiger charge is -2.34. The Balaban J connectivity index is 1.55. The maximum Gasteiger partial charge on any atom is 0.336 e. The third kappa shape index (κ3) is 3.70. The van der Waals surface area contributed by atoms with Crippen LogP contribution in [-0.4, -0.2) is 37.9 Å². The van der Waals surface area contributed by atoms with E-state index in [-0.39, 0.29) is 25.3 Å². The molecule has 0 unspecified atom stereocenters. The maximum absolute atomic E-state index is 13.3. The van der Waals surface area contributed by atoms with Crippen molar-refractivity contribution in [2.45, 2.75) is 51.0 Å². The van der Waals surface area contributed by atoms with E-state index in [2.05, 4.69) is 5.32 Å². The van der Waals surface area contributed by atoms with Gasteiger partial charge in [-0.2, -0.15) is 0 Å². The molecule has 5 rings (SSSR count). The number of benzene rings is 1. The van der Waals surface area contributed by atoms with Crippen LogP contribution in [0.5, 0.6) is 11.5 Å². The van der Waals surface area contributed by atoms with Gasteiger partial charge in [-0.05, 0) is 44.2 Å². The van der Waals surface area contributed by atoms with Crippen molar-refractivity contribution in [3.63, 3.8) is 0 Å². The van der Waals surface area contributed by atoms with Gasteiger partial charge in [-0.1, -0.05) is 11.6 Å². The summed E-state index contributed by atoms with van der Waals surface area (Å²) >= 11 is 6.63. The molecule has 0 radical (unpaired) electrons. The highest BCUT2D eigenvalue weighted by atomic mass is 35.5. The van der Waals surface area contributed by atoms with Crippen LogP contribution < -0.4 is 14.8 Å². The van der Waals surface area contributed by atoms with E-state index < -0.39 is 11.9 Å². The van der Waals surface area contributed by atoms with Crippen molar-refractivity contribution in [2.75, 3.05) is 20.0 Å². The van der Waals surface area contributed by atoms with Crippen LogP contribution in [0, 0.1) is 0 Å². The molecular weight excluding hydrogens is 422 g/mol. The fourth-order valence-electron chi connectivity index (χ4n) is 4.74. The first kappa shape index (κ1) is 20.4. The normalized spacial score (nSPS) is 24.9. The van der Waals surface area contributed by atoms with Gasteiger partial charge in [0.1, 0.15) is 6.61 Å². The molecule has 1 aromatic rings. The van der Waals surface area contributed by atoms with Crippen LogP contribution in [-0.2, 0) is 19.1 Å². The Morgan fingerprint density at radius 3 is 2.81 bits per heavy atom. The number of Topliss-reactive ketones (excluding diaryl/α,β-unsaturated/α-hetero) is 1. The molecule has 1 N–H and O–H groups in total. The van der Waals surface area contributed by atoms with Crippen molar-refractivity contribution in [1.29, 1.82) is 0 Å². The number of carbonyl (C=O) groups is 2. The van der Waals surface area contributed by atoms with E-state index in [1.165, 1.54) is 0 Å². The van der Waals surface area contributed by atoms with Crippen LogP contribution in [0.15, 0.2) is 34.7 Å².